The number of benzene rings is 2. The molecule has 0 aliphatic heterocycles. The number of hydrogen-bond acceptors (Lipinski definition) is 2. The third kappa shape index (κ3) is 4.09. The fourth-order valence-corrected chi connectivity index (χ4v) is 3.09. The van der Waals surface area contributed by atoms with E-state index in [1.165, 1.54) is 5.56 Å². The van der Waals surface area contributed by atoms with Crippen molar-refractivity contribution >= 4 is 17.2 Å². The lowest BCUT2D eigenvalue weighted by Crippen LogP contribution is -2.14. The zero-order chi connectivity index (χ0) is 16.8. The van der Waals surface area contributed by atoms with Gasteiger partial charge in [0, 0.05) is 30.9 Å². The fourth-order valence-electron chi connectivity index (χ4n) is 2.89. The molecule has 1 aromatic heterocycles. The molecule has 0 fully saturated rings. The van der Waals surface area contributed by atoms with Crippen molar-refractivity contribution in [3.05, 3.63) is 89.5 Å². The molecule has 122 valence electrons. The predicted molar refractivity (Wildman–Crippen MR) is 102 cm³/mol. The number of nitrogens with two attached hydrogens (primary N) is 1. The van der Waals surface area contributed by atoms with Crippen LogP contribution in [0.1, 0.15) is 28.9 Å². The maximum atomic E-state index is 5.83. The molecule has 3 rings (SSSR count). The smallest absolute Gasteiger partial charge is 0.108 e. The van der Waals surface area contributed by atoms with Crippen LogP contribution >= 0.6 is 12.2 Å². The number of hydrogen-bond donors (Lipinski definition) is 1. The summed E-state index contributed by atoms with van der Waals surface area (Å²) in [5.41, 5.74) is 9.28. The van der Waals surface area contributed by atoms with Crippen molar-refractivity contribution in [2.75, 3.05) is 0 Å². The van der Waals surface area contributed by atoms with Gasteiger partial charge >= 0.3 is 0 Å². The van der Waals surface area contributed by atoms with Gasteiger partial charge in [-0.1, -0.05) is 66.8 Å². The van der Waals surface area contributed by atoms with Gasteiger partial charge in [-0.15, -0.1) is 0 Å². The number of aryl methyl sites for hydroxylation is 2. The standard InChI is InChI=1S/C20H21N3S/c21-20(24)18-11-5-4-10-17(18)15-23-14-13-22-19(23)12-6-9-16-7-2-1-3-8-16/h1-5,7-8,10-11,13-14H,6,9,12,15H2,(H2,21,24). The van der Waals surface area contributed by atoms with E-state index in [1.807, 2.05) is 30.6 Å². The zero-order valence-electron chi connectivity index (χ0n) is 13.6. The van der Waals surface area contributed by atoms with Crippen molar-refractivity contribution < 1.29 is 0 Å². The van der Waals surface area contributed by atoms with Crippen LogP contribution in [0, 0.1) is 0 Å². The molecule has 4 heteroatoms. The van der Waals surface area contributed by atoms with E-state index < -0.39 is 0 Å². The molecule has 3 nitrogen and oxygen atoms in total. The summed E-state index contributed by atoms with van der Waals surface area (Å²) in [5, 5.41) is 0. The van der Waals surface area contributed by atoms with Crippen LogP contribution in [0.2, 0.25) is 0 Å². The Hall–Kier alpha value is -2.46. The Morgan fingerprint density at radius 1 is 1.00 bits per heavy atom. The lowest BCUT2D eigenvalue weighted by atomic mass is 10.1. The maximum Gasteiger partial charge on any atom is 0.108 e. The molecule has 0 radical (unpaired) electrons. The maximum absolute atomic E-state index is 5.83. The molecule has 0 unspecified atom stereocenters. The highest BCUT2D eigenvalue weighted by Crippen LogP contribution is 2.13. The molecular weight excluding hydrogens is 314 g/mol. The van der Waals surface area contributed by atoms with Crippen LogP contribution in [-0.2, 0) is 19.4 Å². The normalized spacial score (nSPS) is 10.7. The zero-order valence-corrected chi connectivity index (χ0v) is 14.4. The van der Waals surface area contributed by atoms with Gasteiger partial charge in [0.05, 0.1) is 0 Å². The van der Waals surface area contributed by atoms with E-state index in [9.17, 15) is 0 Å². The van der Waals surface area contributed by atoms with E-state index in [0.717, 1.165) is 42.8 Å². The first-order valence-corrected chi connectivity index (χ1v) is 8.56. The van der Waals surface area contributed by atoms with Crippen molar-refractivity contribution in [2.45, 2.75) is 25.8 Å². The predicted octanol–water partition coefficient (Wildman–Crippen LogP) is 3.74. The van der Waals surface area contributed by atoms with E-state index in [0.29, 0.717) is 4.99 Å². The van der Waals surface area contributed by atoms with Crippen LogP contribution in [0.25, 0.3) is 0 Å². The molecule has 2 N–H and O–H groups in total. The lowest BCUT2D eigenvalue weighted by Gasteiger charge is -2.11. The Balaban J connectivity index is 1.66. The Bertz CT molecular complexity index is 809. The van der Waals surface area contributed by atoms with Crippen LogP contribution in [0.15, 0.2) is 67.0 Å². The number of nitrogens with zero attached hydrogens (tertiary/aromatic N) is 2. The molecule has 0 saturated carbocycles. The summed E-state index contributed by atoms with van der Waals surface area (Å²) in [4.78, 5) is 4.96. The quantitative estimate of drug-likeness (QED) is 0.669. The van der Waals surface area contributed by atoms with Gasteiger partial charge in [0.2, 0.25) is 0 Å². The monoisotopic (exact) mass is 335 g/mol. The van der Waals surface area contributed by atoms with E-state index in [1.54, 1.807) is 0 Å². The average Bonchev–Trinajstić information content (AvgIpc) is 3.03. The van der Waals surface area contributed by atoms with Gasteiger partial charge in [-0.3, -0.25) is 0 Å². The van der Waals surface area contributed by atoms with Gasteiger partial charge in [-0.05, 0) is 24.0 Å². The SMILES string of the molecule is NC(=S)c1ccccc1Cn1ccnc1CCCc1ccccc1. The third-order valence-electron chi connectivity index (χ3n) is 4.13. The molecule has 0 amide bonds. The average molecular weight is 335 g/mol. The highest BCUT2D eigenvalue weighted by atomic mass is 32.1. The first-order valence-electron chi connectivity index (χ1n) is 8.15. The number of imidazole rings is 1. The summed E-state index contributed by atoms with van der Waals surface area (Å²) in [6.07, 6.45) is 6.99. The topological polar surface area (TPSA) is 43.8 Å². The van der Waals surface area contributed by atoms with E-state index in [-0.39, 0.29) is 0 Å². The van der Waals surface area contributed by atoms with Crippen LogP contribution in [0.3, 0.4) is 0 Å². The number of aromatic nitrogens is 2. The van der Waals surface area contributed by atoms with Gasteiger partial charge in [0.25, 0.3) is 0 Å². The Morgan fingerprint density at radius 2 is 1.75 bits per heavy atom. The minimum Gasteiger partial charge on any atom is -0.389 e. The summed E-state index contributed by atoms with van der Waals surface area (Å²) >= 11 is 5.16. The Kier molecular flexibility index (Phi) is 5.39. The second-order valence-electron chi connectivity index (χ2n) is 5.83. The molecule has 24 heavy (non-hydrogen) atoms. The van der Waals surface area contributed by atoms with E-state index >= 15 is 0 Å². The van der Waals surface area contributed by atoms with Gasteiger partial charge in [0.1, 0.15) is 10.8 Å². The molecule has 0 bridgehead atoms. The molecule has 0 aliphatic rings. The molecule has 0 saturated heterocycles. The van der Waals surface area contributed by atoms with Gasteiger partial charge in [-0.25, -0.2) is 4.98 Å². The summed E-state index contributed by atoms with van der Waals surface area (Å²) < 4.78 is 2.18. The number of rotatable bonds is 7. The molecule has 2 aromatic carbocycles. The van der Waals surface area contributed by atoms with Crippen LogP contribution in [0.4, 0.5) is 0 Å². The number of thiocarbonyl (C=S) groups is 1. The molecule has 0 atom stereocenters. The second-order valence-corrected chi connectivity index (χ2v) is 6.27. The third-order valence-corrected chi connectivity index (χ3v) is 4.35. The highest BCUT2D eigenvalue weighted by molar-refractivity contribution is 7.80. The van der Waals surface area contributed by atoms with Gasteiger partial charge in [-0.2, -0.15) is 0 Å². The van der Waals surface area contributed by atoms with Crippen molar-refractivity contribution in [1.82, 2.24) is 9.55 Å². The van der Waals surface area contributed by atoms with Crippen molar-refractivity contribution in [1.29, 1.82) is 0 Å². The van der Waals surface area contributed by atoms with Crippen LogP contribution in [0.5, 0.6) is 0 Å². The van der Waals surface area contributed by atoms with E-state index in [2.05, 4.69) is 45.9 Å². The van der Waals surface area contributed by atoms with Crippen LogP contribution in [-0.4, -0.2) is 14.5 Å². The summed E-state index contributed by atoms with van der Waals surface area (Å²) in [5.74, 6) is 1.10. The van der Waals surface area contributed by atoms with Crippen LogP contribution < -0.4 is 5.73 Å². The summed E-state index contributed by atoms with van der Waals surface area (Å²) in [6, 6.07) is 18.6. The highest BCUT2D eigenvalue weighted by Gasteiger charge is 2.08. The van der Waals surface area contributed by atoms with Crippen molar-refractivity contribution in [2.24, 2.45) is 5.73 Å². The Morgan fingerprint density at radius 3 is 2.54 bits per heavy atom. The molecule has 0 spiro atoms. The van der Waals surface area contributed by atoms with Gasteiger partial charge < -0.3 is 10.3 Å². The second kappa shape index (κ2) is 7.88. The minimum atomic E-state index is 0.441. The molecule has 1 heterocycles. The summed E-state index contributed by atoms with van der Waals surface area (Å²) in [7, 11) is 0. The largest absolute Gasteiger partial charge is 0.389 e. The molecular formula is C20H21N3S. The fraction of sp³-hybridized carbons (Fsp3) is 0.200. The van der Waals surface area contributed by atoms with Crippen molar-refractivity contribution in [3.8, 4) is 0 Å². The molecule has 3 aromatic rings. The first-order chi connectivity index (χ1) is 11.7. The van der Waals surface area contributed by atoms with E-state index in [4.69, 9.17) is 18.0 Å². The van der Waals surface area contributed by atoms with Gasteiger partial charge in [0.15, 0.2) is 0 Å². The Labute approximate surface area is 148 Å². The minimum absolute atomic E-state index is 0.441. The first kappa shape index (κ1) is 16.4. The summed E-state index contributed by atoms with van der Waals surface area (Å²) in [6.45, 7) is 0.744. The van der Waals surface area contributed by atoms with Crippen molar-refractivity contribution in [3.63, 3.8) is 0 Å². The molecule has 0 aliphatic carbocycles. The lowest BCUT2D eigenvalue weighted by molar-refractivity contribution is 0.685.